The smallest absolute Gasteiger partial charge is 0.142 e. The third-order valence-electron chi connectivity index (χ3n) is 1.77. The molecule has 1 heteroatoms. The maximum Gasteiger partial charge on any atom is 0.142 e. The molecule has 0 aromatic heterocycles. The molecule has 0 aliphatic rings. The molecule has 0 N–H and O–H groups in total. The zero-order valence-electron chi connectivity index (χ0n) is 7.66. The average molecular weight is 172 g/mol. The molecule has 1 nitrogen and oxygen atoms in total. The van der Waals surface area contributed by atoms with Crippen molar-refractivity contribution in [1.82, 2.24) is 0 Å². The average Bonchev–Trinajstić information content (AvgIpc) is 2.15. The molecule has 0 saturated carbocycles. The van der Waals surface area contributed by atoms with Crippen molar-refractivity contribution in [3.63, 3.8) is 0 Å². The predicted octanol–water partition coefficient (Wildman–Crippen LogP) is 2.93. The normalized spacial score (nSPS) is 10.2. The van der Waals surface area contributed by atoms with E-state index in [0.717, 1.165) is 23.0 Å². The van der Waals surface area contributed by atoms with Gasteiger partial charge in [-0.2, -0.15) is 0 Å². The first-order chi connectivity index (χ1) is 6.24. The Morgan fingerprint density at radius 2 is 1.92 bits per heavy atom. The molecule has 1 rings (SSSR count). The molecule has 0 spiro atoms. The summed E-state index contributed by atoms with van der Waals surface area (Å²) in [5.74, 6) is 0. The van der Waals surface area contributed by atoms with Crippen LogP contribution in [-0.2, 0) is 4.79 Å². The fraction of sp³-hybridized carbons (Fsp3) is 0.0833. The van der Waals surface area contributed by atoms with Gasteiger partial charge in [0.1, 0.15) is 6.29 Å². The van der Waals surface area contributed by atoms with Crippen LogP contribution < -0.4 is 0 Å². The Bertz CT molecular complexity index is 331. The predicted molar refractivity (Wildman–Crippen MR) is 56.2 cm³/mol. The minimum atomic E-state index is 0.770. The summed E-state index contributed by atoms with van der Waals surface area (Å²) < 4.78 is 0. The number of allylic oxidation sites excluding steroid dienone is 2. The summed E-state index contributed by atoms with van der Waals surface area (Å²) in [5.41, 5.74) is 3.20. The van der Waals surface area contributed by atoms with Gasteiger partial charge in [-0.1, -0.05) is 42.5 Å². The maximum atomic E-state index is 10.1. The minimum absolute atomic E-state index is 0.770. The number of carbonyl (C=O) groups is 1. The van der Waals surface area contributed by atoms with Crippen LogP contribution in [0.2, 0.25) is 0 Å². The standard InChI is InChI=1S/C12H12O/c1-10(2)12-7-5-11(6-8-12)4-3-9-13/h3-9H,1H2,2H3. The van der Waals surface area contributed by atoms with E-state index in [4.69, 9.17) is 0 Å². The minimum Gasteiger partial charge on any atom is -0.299 e. The monoisotopic (exact) mass is 172 g/mol. The van der Waals surface area contributed by atoms with E-state index >= 15 is 0 Å². The second kappa shape index (κ2) is 4.41. The topological polar surface area (TPSA) is 17.1 Å². The van der Waals surface area contributed by atoms with Crippen LogP contribution in [-0.4, -0.2) is 6.29 Å². The van der Waals surface area contributed by atoms with Crippen LogP contribution in [0.15, 0.2) is 36.9 Å². The zero-order chi connectivity index (χ0) is 9.68. The number of carbonyl (C=O) groups excluding carboxylic acids is 1. The zero-order valence-corrected chi connectivity index (χ0v) is 7.66. The highest BCUT2D eigenvalue weighted by molar-refractivity contribution is 5.74. The highest BCUT2D eigenvalue weighted by Gasteiger charge is 1.91. The van der Waals surface area contributed by atoms with Crippen molar-refractivity contribution in [1.29, 1.82) is 0 Å². The van der Waals surface area contributed by atoms with E-state index < -0.39 is 0 Å². The van der Waals surface area contributed by atoms with Crippen molar-refractivity contribution < 1.29 is 4.79 Å². The fourth-order valence-corrected chi connectivity index (χ4v) is 1.03. The van der Waals surface area contributed by atoms with Gasteiger partial charge in [0.15, 0.2) is 0 Å². The molecule has 0 bridgehead atoms. The number of benzene rings is 1. The Morgan fingerprint density at radius 1 is 1.31 bits per heavy atom. The Balaban J connectivity index is 2.87. The first kappa shape index (κ1) is 9.46. The third-order valence-corrected chi connectivity index (χ3v) is 1.77. The largest absolute Gasteiger partial charge is 0.299 e. The van der Waals surface area contributed by atoms with Gasteiger partial charge in [-0.3, -0.25) is 4.79 Å². The van der Waals surface area contributed by atoms with Crippen LogP contribution >= 0.6 is 0 Å². The van der Waals surface area contributed by atoms with Crippen molar-refractivity contribution in [3.05, 3.63) is 48.0 Å². The van der Waals surface area contributed by atoms with Gasteiger partial charge in [-0.05, 0) is 24.1 Å². The van der Waals surface area contributed by atoms with Crippen LogP contribution in [0.25, 0.3) is 11.6 Å². The van der Waals surface area contributed by atoms with Gasteiger partial charge >= 0.3 is 0 Å². The molecule has 0 atom stereocenters. The fourth-order valence-electron chi connectivity index (χ4n) is 1.03. The molecule has 0 saturated heterocycles. The van der Waals surface area contributed by atoms with Gasteiger partial charge in [-0.25, -0.2) is 0 Å². The van der Waals surface area contributed by atoms with Gasteiger partial charge < -0.3 is 0 Å². The lowest BCUT2D eigenvalue weighted by Gasteiger charge is -1.98. The first-order valence-electron chi connectivity index (χ1n) is 4.12. The molecule has 0 aliphatic heterocycles. The highest BCUT2D eigenvalue weighted by atomic mass is 16.1. The van der Waals surface area contributed by atoms with Crippen molar-refractivity contribution in [2.75, 3.05) is 0 Å². The van der Waals surface area contributed by atoms with Gasteiger partial charge in [0.05, 0.1) is 0 Å². The van der Waals surface area contributed by atoms with E-state index in [1.54, 1.807) is 6.08 Å². The van der Waals surface area contributed by atoms with E-state index in [-0.39, 0.29) is 0 Å². The number of aldehydes is 1. The lowest BCUT2D eigenvalue weighted by atomic mass is 10.1. The number of rotatable bonds is 3. The number of hydrogen-bond donors (Lipinski definition) is 0. The number of hydrogen-bond acceptors (Lipinski definition) is 1. The van der Waals surface area contributed by atoms with Crippen molar-refractivity contribution in [2.45, 2.75) is 6.92 Å². The summed E-state index contributed by atoms with van der Waals surface area (Å²) >= 11 is 0. The third kappa shape index (κ3) is 2.71. The summed E-state index contributed by atoms with van der Waals surface area (Å²) in [6, 6.07) is 7.91. The molecular formula is C12H12O. The van der Waals surface area contributed by atoms with E-state index in [2.05, 4.69) is 6.58 Å². The molecule has 0 unspecified atom stereocenters. The van der Waals surface area contributed by atoms with E-state index in [0.29, 0.717) is 0 Å². The Kier molecular flexibility index (Phi) is 3.21. The van der Waals surface area contributed by atoms with E-state index in [9.17, 15) is 4.79 Å². The summed E-state index contributed by atoms with van der Waals surface area (Å²) in [4.78, 5) is 10.1. The first-order valence-corrected chi connectivity index (χ1v) is 4.12. The molecule has 1 aromatic carbocycles. The summed E-state index contributed by atoms with van der Waals surface area (Å²) in [5, 5.41) is 0. The Hall–Kier alpha value is -1.63. The van der Waals surface area contributed by atoms with Crippen LogP contribution in [0, 0.1) is 0 Å². The molecule has 0 aliphatic carbocycles. The molecular weight excluding hydrogens is 160 g/mol. The molecule has 66 valence electrons. The second-order valence-electron chi connectivity index (χ2n) is 2.90. The summed E-state index contributed by atoms with van der Waals surface area (Å²) in [7, 11) is 0. The van der Waals surface area contributed by atoms with Crippen molar-refractivity contribution >= 4 is 17.9 Å². The van der Waals surface area contributed by atoms with Crippen molar-refractivity contribution in [2.24, 2.45) is 0 Å². The SMILES string of the molecule is C=C(C)c1ccc(C=CC=O)cc1. The van der Waals surface area contributed by atoms with Crippen LogP contribution in [0.1, 0.15) is 18.1 Å². The van der Waals surface area contributed by atoms with Crippen molar-refractivity contribution in [3.8, 4) is 0 Å². The molecule has 0 heterocycles. The van der Waals surface area contributed by atoms with Crippen LogP contribution in [0.4, 0.5) is 0 Å². The second-order valence-corrected chi connectivity index (χ2v) is 2.90. The van der Waals surface area contributed by atoms with Gasteiger partial charge in [0, 0.05) is 0 Å². The quantitative estimate of drug-likeness (QED) is 0.506. The molecule has 13 heavy (non-hydrogen) atoms. The Morgan fingerprint density at radius 3 is 2.38 bits per heavy atom. The highest BCUT2D eigenvalue weighted by Crippen LogP contribution is 2.12. The molecule has 0 radical (unpaired) electrons. The summed E-state index contributed by atoms with van der Waals surface area (Å²) in [6.45, 7) is 5.81. The summed E-state index contributed by atoms with van der Waals surface area (Å²) in [6.07, 6.45) is 4.03. The Labute approximate surface area is 78.4 Å². The van der Waals surface area contributed by atoms with Crippen LogP contribution in [0.3, 0.4) is 0 Å². The molecule has 0 fully saturated rings. The van der Waals surface area contributed by atoms with E-state index in [1.165, 1.54) is 6.08 Å². The van der Waals surface area contributed by atoms with Gasteiger partial charge in [-0.15, -0.1) is 0 Å². The lowest BCUT2D eigenvalue weighted by molar-refractivity contribution is -0.104. The van der Waals surface area contributed by atoms with Gasteiger partial charge in [0.2, 0.25) is 0 Å². The molecule has 0 amide bonds. The molecule has 1 aromatic rings. The maximum absolute atomic E-state index is 10.1. The van der Waals surface area contributed by atoms with Gasteiger partial charge in [0.25, 0.3) is 0 Å². The van der Waals surface area contributed by atoms with Crippen LogP contribution in [0.5, 0.6) is 0 Å². The van der Waals surface area contributed by atoms with E-state index in [1.807, 2.05) is 31.2 Å². The lowest BCUT2D eigenvalue weighted by Crippen LogP contribution is -1.78.